The van der Waals surface area contributed by atoms with Gasteiger partial charge in [0.15, 0.2) is 0 Å². The van der Waals surface area contributed by atoms with Crippen molar-refractivity contribution >= 4 is 11.6 Å². The van der Waals surface area contributed by atoms with Gasteiger partial charge in [-0.15, -0.1) is 0 Å². The van der Waals surface area contributed by atoms with Crippen LogP contribution in [0.5, 0.6) is 0 Å². The first-order valence-electron chi connectivity index (χ1n) is 4.02. The molecule has 0 amide bonds. The molecule has 5 heteroatoms. The van der Waals surface area contributed by atoms with Gasteiger partial charge < -0.3 is 0 Å². The van der Waals surface area contributed by atoms with Gasteiger partial charge in [-0.2, -0.15) is 0 Å². The Morgan fingerprint density at radius 1 is 1.14 bits per heavy atom. The number of halogens is 1. The minimum atomic E-state index is 0.427. The normalized spacial score (nSPS) is 10.1. The molecule has 0 aliphatic carbocycles. The Morgan fingerprint density at radius 3 is 2.50 bits per heavy atom. The Labute approximate surface area is 86.0 Å². The summed E-state index contributed by atoms with van der Waals surface area (Å²) >= 11 is 5.81. The van der Waals surface area contributed by atoms with Gasteiger partial charge in [0.2, 0.25) is 0 Å². The van der Waals surface area contributed by atoms with E-state index in [2.05, 4.69) is 19.9 Å². The van der Waals surface area contributed by atoms with Crippen LogP contribution in [0, 0.1) is 6.92 Å². The number of hydrogen-bond acceptors (Lipinski definition) is 4. The van der Waals surface area contributed by atoms with Crippen molar-refractivity contribution in [3.05, 3.63) is 35.8 Å². The van der Waals surface area contributed by atoms with E-state index in [0.29, 0.717) is 11.0 Å². The Bertz CT molecular complexity index is 424. The van der Waals surface area contributed by atoms with Gasteiger partial charge in [-0.3, -0.25) is 0 Å². The highest BCUT2D eigenvalue weighted by atomic mass is 35.5. The second-order valence-corrected chi connectivity index (χ2v) is 3.14. The van der Waals surface area contributed by atoms with Gasteiger partial charge in [-0.05, 0) is 6.92 Å². The molecule has 0 bridgehead atoms. The summed E-state index contributed by atoms with van der Waals surface area (Å²) in [5.74, 6) is 0.636. The monoisotopic (exact) mass is 206 g/mol. The zero-order valence-electron chi connectivity index (χ0n) is 7.48. The molecule has 0 aliphatic heterocycles. The van der Waals surface area contributed by atoms with Gasteiger partial charge in [-0.1, -0.05) is 11.6 Å². The van der Waals surface area contributed by atoms with E-state index in [1.54, 1.807) is 25.4 Å². The minimum Gasteiger partial charge on any atom is -0.244 e. The van der Waals surface area contributed by atoms with Gasteiger partial charge >= 0.3 is 0 Å². The van der Waals surface area contributed by atoms with E-state index in [9.17, 15) is 0 Å². The van der Waals surface area contributed by atoms with E-state index < -0.39 is 0 Å². The van der Waals surface area contributed by atoms with Crippen molar-refractivity contribution in [3.63, 3.8) is 0 Å². The topological polar surface area (TPSA) is 51.6 Å². The first-order chi connectivity index (χ1) is 6.75. The van der Waals surface area contributed by atoms with Crippen LogP contribution in [0.3, 0.4) is 0 Å². The molecule has 2 aromatic heterocycles. The van der Waals surface area contributed by atoms with Gasteiger partial charge in [0.25, 0.3) is 0 Å². The molecule has 2 heterocycles. The molecule has 0 saturated carbocycles. The molecule has 0 fully saturated rings. The Hall–Kier alpha value is -1.55. The highest BCUT2D eigenvalue weighted by molar-refractivity contribution is 6.29. The summed E-state index contributed by atoms with van der Waals surface area (Å²) in [5, 5.41) is 0.427. The largest absolute Gasteiger partial charge is 0.244 e. The number of hydrogen-bond donors (Lipinski definition) is 0. The molecule has 2 rings (SSSR count). The van der Waals surface area contributed by atoms with E-state index in [-0.39, 0.29) is 0 Å². The maximum atomic E-state index is 5.81. The Balaban J connectivity index is 2.52. The number of nitrogens with zero attached hydrogens (tertiary/aromatic N) is 4. The first kappa shape index (κ1) is 9.02. The predicted molar refractivity (Wildman–Crippen MR) is 52.8 cm³/mol. The molecule has 70 valence electrons. The van der Waals surface area contributed by atoms with E-state index in [1.807, 2.05) is 0 Å². The summed E-state index contributed by atoms with van der Waals surface area (Å²) in [6.45, 7) is 1.79. The molecule has 0 spiro atoms. The number of rotatable bonds is 1. The van der Waals surface area contributed by atoms with Crippen LogP contribution < -0.4 is 0 Å². The van der Waals surface area contributed by atoms with Crippen molar-refractivity contribution in [1.82, 2.24) is 19.9 Å². The molecular formula is C9H7ClN4. The number of aryl methyl sites for hydroxylation is 1. The van der Waals surface area contributed by atoms with E-state index in [1.165, 1.54) is 6.33 Å². The third-order valence-corrected chi connectivity index (χ3v) is 1.86. The maximum Gasteiger partial charge on any atom is 0.133 e. The third kappa shape index (κ3) is 1.85. The second kappa shape index (κ2) is 3.67. The summed E-state index contributed by atoms with van der Waals surface area (Å²) < 4.78 is 0. The Kier molecular flexibility index (Phi) is 2.37. The van der Waals surface area contributed by atoms with E-state index in [4.69, 9.17) is 11.6 Å². The lowest BCUT2D eigenvalue weighted by Gasteiger charge is -2.00. The smallest absolute Gasteiger partial charge is 0.133 e. The molecular weight excluding hydrogens is 200 g/mol. The van der Waals surface area contributed by atoms with Crippen LogP contribution in [-0.4, -0.2) is 19.9 Å². The highest BCUT2D eigenvalue weighted by Gasteiger charge is 2.02. The van der Waals surface area contributed by atoms with Crippen molar-refractivity contribution in [3.8, 4) is 11.3 Å². The van der Waals surface area contributed by atoms with Crippen molar-refractivity contribution in [2.45, 2.75) is 6.92 Å². The fraction of sp³-hybridized carbons (Fsp3) is 0.111. The average molecular weight is 207 g/mol. The summed E-state index contributed by atoms with van der Waals surface area (Å²) in [6, 6.07) is 1.69. The van der Waals surface area contributed by atoms with Crippen LogP contribution >= 0.6 is 11.6 Å². The summed E-state index contributed by atoms with van der Waals surface area (Å²) in [4.78, 5) is 16.0. The van der Waals surface area contributed by atoms with E-state index >= 15 is 0 Å². The summed E-state index contributed by atoms with van der Waals surface area (Å²) in [5.41, 5.74) is 1.57. The molecule has 0 saturated heterocycles. The highest BCUT2D eigenvalue weighted by Crippen LogP contribution is 2.17. The summed E-state index contributed by atoms with van der Waals surface area (Å²) in [6.07, 6.45) is 4.84. The lowest BCUT2D eigenvalue weighted by Crippen LogP contribution is -1.92. The van der Waals surface area contributed by atoms with Crippen LogP contribution in [-0.2, 0) is 0 Å². The molecule has 0 N–H and O–H groups in total. The van der Waals surface area contributed by atoms with Crippen molar-refractivity contribution in [1.29, 1.82) is 0 Å². The van der Waals surface area contributed by atoms with Gasteiger partial charge in [-0.25, -0.2) is 19.9 Å². The van der Waals surface area contributed by atoms with Crippen LogP contribution in [0.2, 0.25) is 5.15 Å². The fourth-order valence-corrected chi connectivity index (χ4v) is 1.34. The first-order valence-corrected chi connectivity index (χ1v) is 4.40. The third-order valence-electron chi connectivity index (χ3n) is 1.66. The molecule has 0 unspecified atom stereocenters. The standard InChI is InChI=1S/C9H7ClN4/c1-6-13-8(2-9(10)14-6)7-3-11-5-12-4-7/h2-5H,1H3. The fourth-order valence-electron chi connectivity index (χ4n) is 1.11. The van der Waals surface area contributed by atoms with Crippen LogP contribution in [0.15, 0.2) is 24.8 Å². The van der Waals surface area contributed by atoms with Crippen LogP contribution in [0.25, 0.3) is 11.3 Å². The zero-order valence-corrected chi connectivity index (χ0v) is 8.23. The zero-order chi connectivity index (χ0) is 9.97. The number of aromatic nitrogens is 4. The van der Waals surface area contributed by atoms with Gasteiger partial charge in [0, 0.05) is 24.0 Å². The van der Waals surface area contributed by atoms with Crippen LogP contribution in [0.4, 0.5) is 0 Å². The molecule has 0 radical (unpaired) electrons. The lowest BCUT2D eigenvalue weighted by atomic mass is 10.2. The lowest BCUT2D eigenvalue weighted by molar-refractivity contribution is 1.05. The molecule has 4 nitrogen and oxygen atoms in total. The molecule has 0 aliphatic rings. The SMILES string of the molecule is Cc1nc(Cl)cc(-c2cncnc2)n1. The van der Waals surface area contributed by atoms with Crippen LogP contribution in [0.1, 0.15) is 5.82 Å². The molecule has 14 heavy (non-hydrogen) atoms. The maximum absolute atomic E-state index is 5.81. The second-order valence-electron chi connectivity index (χ2n) is 2.75. The molecule has 0 atom stereocenters. The van der Waals surface area contributed by atoms with Crippen molar-refractivity contribution in [2.75, 3.05) is 0 Å². The Morgan fingerprint density at radius 2 is 1.86 bits per heavy atom. The van der Waals surface area contributed by atoms with Crippen molar-refractivity contribution < 1.29 is 0 Å². The minimum absolute atomic E-state index is 0.427. The quantitative estimate of drug-likeness (QED) is 0.669. The molecule has 2 aromatic rings. The van der Waals surface area contributed by atoms with Gasteiger partial charge in [0.05, 0.1) is 5.69 Å². The predicted octanol–water partition coefficient (Wildman–Crippen LogP) is 1.90. The molecule has 0 aromatic carbocycles. The van der Waals surface area contributed by atoms with E-state index in [0.717, 1.165) is 11.3 Å². The van der Waals surface area contributed by atoms with Gasteiger partial charge in [0.1, 0.15) is 17.3 Å². The van der Waals surface area contributed by atoms with Crippen molar-refractivity contribution in [2.24, 2.45) is 0 Å². The summed E-state index contributed by atoms with van der Waals surface area (Å²) in [7, 11) is 0. The average Bonchev–Trinajstić information content (AvgIpc) is 2.18.